The van der Waals surface area contributed by atoms with Crippen molar-refractivity contribution in [3.8, 4) is 6.07 Å². The van der Waals surface area contributed by atoms with Gasteiger partial charge in [0.25, 0.3) is 0 Å². The van der Waals surface area contributed by atoms with Gasteiger partial charge in [-0.05, 0) is 18.8 Å². The van der Waals surface area contributed by atoms with Crippen LogP contribution in [-0.4, -0.2) is 19.9 Å². The molecule has 1 aliphatic rings. The lowest BCUT2D eigenvalue weighted by Gasteiger charge is -2.15. The highest BCUT2D eigenvalue weighted by atomic mass is 32.2. The summed E-state index contributed by atoms with van der Waals surface area (Å²) >= 11 is 0. The van der Waals surface area contributed by atoms with Crippen molar-refractivity contribution in [2.24, 2.45) is 11.8 Å². The molecule has 14 heavy (non-hydrogen) atoms. The Morgan fingerprint density at radius 2 is 2.00 bits per heavy atom. The molecule has 1 aliphatic carbocycles. The van der Waals surface area contributed by atoms with E-state index < -0.39 is 9.84 Å². The molecule has 0 unspecified atom stereocenters. The summed E-state index contributed by atoms with van der Waals surface area (Å²) < 4.78 is 22.7. The number of hydrogen-bond acceptors (Lipinski definition) is 3. The van der Waals surface area contributed by atoms with Gasteiger partial charge >= 0.3 is 0 Å². The molecule has 0 N–H and O–H groups in total. The molecule has 0 saturated heterocycles. The van der Waals surface area contributed by atoms with Gasteiger partial charge in [-0.3, -0.25) is 0 Å². The van der Waals surface area contributed by atoms with Crippen LogP contribution in [0.25, 0.3) is 0 Å². The summed E-state index contributed by atoms with van der Waals surface area (Å²) in [5, 5.41) is 8.93. The van der Waals surface area contributed by atoms with Crippen LogP contribution in [0, 0.1) is 23.2 Å². The zero-order chi connectivity index (χ0) is 10.6. The summed E-state index contributed by atoms with van der Waals surface area (Å²) in [5.74, 6) is 0.256. The average molecular weight is 215 g/mol. The van der Waals surface area contributed by atoms with Crippen LogP contribution in [0.3, 0.4) is 0 Å². The Hall–Kier alpha value is -0.560. The fraction of sp³-hybridized carbons (Fsp3) is 0.900. The molecule has 1 fully saturated rings. The van der Waals surface area contributed by atoms with E-state index in [-0.39, 0.29) is 17.4 Å². The van der Waals surface area contributed by atoms with Gasteiger partial charge in [-0.2, -0.15) is 5.26 Å². The quantitative estimate of drug-likeness (QED) is 0.718. The SMILES string of the molecule is CCS(=O)(=O)C[C@@H](C#N)C1CCCC1. The van der Waals surface area contributed by atoms with E-state index in [1.54, 1.807) is 6.92 Å². The van der Waals surface area contributed by atoms with E-state index in [4.69, 9.17) is 5.26 Å². The fourth-order valence-corrected chi connectivity index (χ4v) is 3.16. The van der Waals surface area contributed by atoms with E-state index in [1.165, 1.54) is 0 Å². The van der Waals surface area contributed by atoms with Gasteiger partial charge in [0.15, 0.2) is 9.84 Å². The molecule has 80 valence electrons. The Kier molecular flexibility index (Phi) is 3.94. The van der Waals surface area contributed by atoms with Crippen molar-refractivity contribution in [3.63, 3.8) is 0 Å². The molecule has 0 aromatic carbocycles. The van der Waals surface area contributed by atoms with Gasteiger partial charge in [-0.25, -0.2) is 8.42 Å². The molecule has 0 aromatic heterocycles. The maximum Gasteiger partial charge on any atom is 0.151 e. The minimum atomic E-state index is -2.99. The average Bonchev–Trinajstić information content (AvgIpc) is 2.67. The molecule has 3 nitrogen and oxygen atoms in total. The summed E-state index contributed by atoms with van der Waals surface area (Å²) in [7, 11) is -2.99. The van der Waals surface area contributed by atoms with Crippen molar-refractivity contribution in [2.75, 3.05) is 11.5 Å². The Bertz CT molecular complexity index is 310. The van der Waals surface area contributed by atoms with Crippen LogP contribution in [0.5, 0.6) is 0 Å². The zero-order valence-electron chi connectivity index (χ0n) is 8.57. The molecule has 4 heteroatoms. The second-order valence-electron chi connectivity index (χ2n) is 3.98. The van der Waals surface area contributed by atoms with E-state index in [0.29, 0.717) is 5.92 Å². The Balaban J connectivity index is 2.60. The topological polar surface area (TPSA) is 57.9 Å². The lowest BCUT2D eigenvalue weighted by atomic mass is 9.94. The van der Waals surface area contributed by atoms with Gasteiger partial charge < -0.3 is 0 Å². The van der Waals surface area contributed by atoms with Crippen LogP contribution < -0.4 is 0 Å². The summed E-state index contributed by atoms with van der Waals surface area (Å²) in [6, 6.07) is 2.16. The molecule has 0 heterocycles. The first-order chi connectivity index (χ1) is 6.59. The third-order valence-corrected chi connectivity index (χ3v) is 4.75. The van der Waals surface area contributed by atoms with Crippen LogP contribution in [-0.2, 0) is 9.84 Å². The largest absolute Gasteiger partial charge is 0.229 e. The molecule has 1 rings (SSSR count). The zero-order valence-corrected chi connectivity index (χ0v) is 9.39. The first-order valence-electron chi connectivity index (χ1n) is 5.19. The summed E-state index contributed by atoms with van der Waals surface area (Å²) in [5.41, 5.74) is 0. The molecule has 0 aromatic rings. The predicted molar refractivity (Wildman–Crippen MR) is 55.4 cm³/mol. The van der Waals surface area contributed by atoms with Crippen molar-refractivity contribution in [3.05, 3.63) is 0 Å². The summed E-state index contributed by atoms with van der Waals surface area (Å²) in [6.45, 7) is 1.64. The van der Waals surface area contributed by atoms with E-state index in [0.717, 1.165) is 25.7 Å². The molecule has 0 radical (unpaired) electrons. The molecule has 0 bridgehead atoms. The van der Waals surface area contributed by atoms with Gasteiger partial charge in [0.05, 0.1) is 17.7 Å². The summed E-state index contributed by atoms with van der Waals surface area (Å²) in [4.78, 5) is 0. The normalized spacial score (nSPS) is 20.6. The Labute approximate surface area is 86.0 Å². The lowest BCUT2D eigenvalue weighted by Crippen LogP contribution is -2.22. The smallest absolute Gasteiger partial charge is 0.151 e. The van der Waals surface area contributed by atoms with Crippen molar-refractivity contribution >= 4 is 9.84 Å². The van der Waals surface area contributed by atoms with Gasteiger partial charge in [0.1, 0.15) is 0 Å². The third-order valence-electron chi connectivity index (χ3n) is 3.01. The van der Waals surface area contributed by atoms with Gasteiger partial charge in [0.2, 0.25) is 0 Å². The van der Waals surface area contributed by atoms with E-state index in [2.05, 4.69) is 6.07 Å². The second kappa shape index (κ2) is 4.79. The molecule has 0 aliphatic heterocycles. The van der Waals surface area contributed by atoms with Crippen molar-refractivity contribution in [2.45, 2.75) is 32.6 Å². The van der Waals surface area contributed by atoms with Gasteiger partial charge in [-0.1, -0.05) is 19.8 Å². The van der Waals surface area contributed by atoms with Gasteiger partial charge in [-0.15, -0.1) is 0 Å². The third kappa shape index (κ3) is 2.98. The fourth-order valence-electron chi connectivity index (χ4n) is 2.03. The maximum atomic E-state index is 11.4. The first kappa shape index (κ1) is 11.5. The number of nitrogens with zero attached hydrogens (tertiary/aromatic N) is 1. The minimum absolute atomic E-state index is 0.0602. The lowest BCUT2D eigenvalue weighted by molar-refractivity contribution is 0.440. The van der Waals surface area contributed by atoms with E-state index >= 15 is 0 Å². The molecule has 0 amide bonds. The van der Waals surface area contributed by atoms with Crippen LogP contribution in [0.15, 0.2) is 0 Å². The second-order valence-corrected chi connectivity index (χ2v) is 6.38. The number of nitriles is 1. The van der Waals surface area contributed by atoms with E-state index in [9.17, 15) is 8.42 Å². The maximum absolute atomic E-state index is 11.4. The number of hydrogen-bond donors (Lipinski definition) is 0. The van der Waals surface area contributed by atoms with Crippen LogP contribution >= 0.6 is 0 Å². The van der Waals surface area contributed by atoms with Crippen molar-refractivity contribution in [1.82, 2.24) is 0 Å². The molecular formula is C10H17NO2S. The summed E-state index contributed by atoms with van der Waals surface area (Å²) in [6.07, 6.45) is 4.35. The first-order valence-corrected chi connectivity index (χ1v) is 7.01. The minimum Gasteiger partial charge on any atom is -0.229 e. The highest BCUT2D eigenvalue weighted by molar-refractivity contribution is 7.91. The van der Waals surface area contributed by atoms with Crippen LogP contribution in [0.4, 0.5) is 0 Å². The van der Waals surface area contributed by atoms with Crippen LogP contribution in [0.1, 0.15) is 32.6 Å². The molecule has 1 saturated carbocycles. The van der Waals surface area contributed by atoms with Crippen LogP contribution in [0.2, 0.25) is 0 Å². The molecule has 0 spiro atoms. The number of sulfone groups is 1. The predicted octanol–water partition coefficient (Wildman–Crippen LogP) is 1.75. The highest BCUT2D eigenvalue weighted by Crippen LogP contribution is 2.31. The monoisotopic (exact) mass is 215 g/mol. The van der Waals surface area contributed by atoms with E-state index in [1.807, 2.05) is 0 Å². The Morgan fingerprint density at radius 3 is 2.43 bits per heavy atom. The molecule has 1 atom stereocenters. The van der Waals surface area contributed by atoms with Crippen molar-refractivity contribution < 1.29 is 8.42 Å². The van der Waals surface area contributed by atoms with Gasteiger partial charge in [0, 0.05) is 5.75 Å². The standard InChI is InChI=1S/C10H17NO2S/c1-2-14(12,13)8-10(7-11)9-5-3-4-6-9/h9-10H,2-6,8H2,1H3/t10-/m1/s1. The van der Waals surface area contributed by atoms with Crippen molar-refractivity contribution in [1.29, 1.82) is 5.26 Å². The number of rotatable bonds is 4. The highest BCUT2D eigenvalue weighted by Gasteiger charge is 2.28. The molecular weight excluding hydrogens is 198 g/mol. The Morgan fingerprint density at radius 1 is 1.43 bits per heavy atom.